The van der Waals surface area contributed by atoms with Crippen LogP contribution in [-0.4, -0.2) is 42.4 Å². The first-order chi connectivity index (χ1) is 6.79. The van der Waals surface area contributed by atoms with Crippen molar-refractivity contribution in [2.75, 3.05) is 0 Å². The first-order valence-electron chi connectivity index (χ1n) is 3.61. The number of aromatic nitrogens is 2. The van der Waals surface area contributed by atoms with Gasteiger partial charge in [-0.25, -0.2) is 0 Å². The summed E-state index contributed by atoms with van der Waals surface area (Å²) < 4.78 is 0. The summed E-state index contributed by atoms with van der Waals surface area (Å²) in [4.78, 5) is 11.3. The number of aliphatic hydroxyl groups is 1. The monoisotopic (exact) mass is 241 g/mol. The van der Waals surface area contributed by atoms with Gasteiger partial charge in [0.05, 0.1) is 5.02 Å². The van der Waals surface area contributed by atoms with E-state index in [0.717, 1.165) is 0 Å². The normalized spacial score (nSPS) is 11.1. The third-order valence-electron chi connectivity index (χ3n) is 1.25. The number of nitrogens with one attached hydrogen (secondary N) is 1. The van der Waals surface area contributed by atoms with E-state index in [1.54, 1.807) is 0 Å². The Kier molecular flexibility index (Phi) is 3.59. The number of carbonyl (C=O) groups is 1. The molecule has 15 heavy (non-hydrogen) atoms. The molecule has 1 heterocycles. The maximum atomic E-state index is 11.3. The van der Waals surface area contributed by atoms with Crippen molar-refractivity contribution in [2.45, 2.75) is 5.52 Å². The second kappa shape index (κ2) is 4.38. The zero-order valence-corrected chi connectivity index (χ0v) is 8.75. The lowest BCUT2D eigenvalue weighted by atomic mass is 9.73. The first-order valence-corrected chi connectivity index (χ1v) is 4.36. The predicted octanol–water partition coefficient (Wildman–Crippen LogP) is -0.546. The standard InChI is InChI=1S/C6H3B2Cl2N3O2/c7-6(8,15)11-5(14)4-2(9)1-3(10)12-13-4/h1,15H,(H,11,14). The van der Waals surface area contributed by atoms with Crippen LogP contribution in [0.4, 0.5) is 0 Å². The molecule has 0 unspecified atom stereocenters. The first kappa shape index (κ1) is 12.3. The second-order valence-corrected chi connectivity index (χ2v) is 3.44. The Morgan fingerprint density at radius 2 is 2.07 bits per heavy atom. The van der Waals surface area contributed by atoms with Crippen molar-refractivity contribution < 1.29 is 9.90 Å². The highest BCUT2D eigenvalue weighted by Crippen LogP contribution is 2.16. The van der Waals surface area contributed by atoms with Crippen LogP contribution < -0.4 is 5.32 Å². The Bertz CT molecular complexity index is 396. The van der Waals surface area contributed by atoms with Gasteiger partial charge in [-0.05, 0) is 6.07 Å². The van der Waals surface area contributed by atoms with E-state index >= 15 is 0 Å². The van der Waals surface area contributed by atoms with E-state index in [1.165, 1.54) is 6.07 Å². The second-order valence-electron chi connectivity index (χ2n) is 2.64. The zero-order chi connectivity index (χ0) is 11.6. The van der Waals surface area contributed by atoms with E-state index < -0.39 is 11.4 Å². The van der Waals surface area contributed by atoms with Crippen LogP contribution in [0.1, 0.15) is 10.5 Å². The summed E-state index contributed by atoms with van der Waals surface area (Å²) in [5, 5.41) is 17.6. The molecule has 0 aliphatic carbocycles. The van der Waals surface area contributed by atoms with E-state index in [0.29, 0.717) is 0 Å². The van der Waals surface area contributed by atoms with Crippen LogP contribution in [0.2, 0.25) is 10.2 Å². The number of amides is 1. The Morgan fingerprint density at radius 3 is 2.53 bits per heavy atom. The largest absolute Gasteiger partial charge is 0.390 e. The predicted molar refractivity (Wildman–Crippen MR) is 56.0 cm³/mol. The van der Waals surface area contributed by atoms with Gasteiger partial charge in [-0.15, -0.1) is 10.2 Å². The molecule has 1 aromatic heterocycles. The van der Waals surface area contributed by atoms with Crippen molar-refractivity contribution in [2.24, 2.45) is 0 Å². The molecule has 1 aromatic rings. The molecule has 0 aromatic carbocycles. The molecule has 0 aliphatic heterocycles. The fourth-order valence-electron chi connectivity index (χ4n) is 0.742. The molecule has 0 bridgehead atoms. The number of hydrogen-bond acceptors (Lipinski definition) is 4. The molecule has 5 nitrogen and oxygen atoms in total. The fraction of sp³-hybridized carbons (Fsp3) is 0.167. The lowest BCUT2D eigenvalue weighted by Crippen LogP contribution is -2.49. The third-order valence-corrected chi connectivity index (χ3v) is 1.72. The minimum Gasteiger partial charge on any atom is -0.390 e. The van der Waals surface area contributed by atoms with Crippen LogP contribution in [0.25, 0.3) is 0 Å². The SMILES string of the molecule is [B]C([B])(O)NC(=O)c1nnc(Cl)cc1Cl. The minimum atomic E-state index is -2.35. The smallest absolute Gasteiger partial charge is 0.274 e. The van der Waals surface area contributed by atoms with Gasteiger partial charge in [0.25, 0.3) is 5.91 Å². The Labute approximate surface area is 98.0 Å². The van der Waals surface area contributed by atoms with Gasteiger partial charge in [-0.3, -0.25) is 4.79 Å². The van der Waals surface area contributed by atoms with Crippen molar-refractivity contribution in [3.63, 3.8) is 0 Å². The summed E-state index contributed by atoms with van der Waals surface area (Å²) in [5.41, 5.74) is -2.59. The van der Waals surface area contributed by atoms with Crippen LogP contribution in [-0.2, 0) is 0 Å². The molecule has 1 amide bonds. The summed E-state index contributed by atoms with van der Waals surface area (Å²) >= 11 is 11.1. The van der Waals surface area contributed by atoms with Crippen LogP contribution in [0.5, 0.6) is 0 Å². The van der Waals surface area contributed by atoms with E-state index in [1.807, 2.05) is 5.32 Å². The summed E-state index contributed by atoms with van der Waals surface area (Å²) in [6.07, 6.45) is 0. The van der Waals surface area contributed by atoms with E-state index in [9.17, 15) is 4.79 Å². The van der Waals surface area contributed by atoms with Crippen LogP contribution in [0.3, 0.4) is 0 Å². The van der Waals surface area contributed by atoms with Crippen molar-refractivity contribution in [3.8, 4) is 0 Å². The molecule has 74 valence electrons. The van der Waals surface area contributed by atoms with Gasteiger partial charge in [-0.1, -0.05) is 23.2 Å². The van der Waals surface area contributed by atoms with Gasteiger partial charge >= 0.3 is 0 Å². The Balaban J connectivity index is 2.92. The van der Waals surface area contributed by atoms with Gasteiger partial charge in [0, 0.05) is 5.52 Å². The third kappa shape index (κ3) is 3.70. The van der Waals surface area contributed by atoms with Crippen molar-refractivity contribution in [1.82, 2.24) is 15.5 Å². The van der Waals surface area contributed by atoms with Crippen LogP contribution in [0.15, 0.2) is 6.07 Å². The van der Waals surface area contributed by atoms with Crippen molar-refractivity contribution in [3.05, 3.63) is 21.9 Å². The molecule has 1 rings (SSSR count). The quantitative estimate of drug-likeness (QED) is 0.538. The van der Waals surface area contributed by atoms with E-state index in [2.05, 4.69) is 10.2 Å². The number of rotatable bonds is 2. The molecule has 0 saturated heterocycles. The molecule has 2 N–H and O–H groups in total. The van der Waals surface area contributed by atoms with E-state index in [4.69, 9.17) is 44.0 Å². The van der Waals surface area contributed by atoms with Crippen LogP contribution >= 0.6 is 23.2 Å². The number of hydrogen-bond donors (Lipinski definition) is 2. The topological polar surface area (TPSA) is 75.1 Å². The summed E-state index contributed by atoms with van der Waals surface area (Å²) in [6.45, 7) is 0. The molecule has 0 aliphatic rings. The summed E-state index contributed by atoms with van der Waals surface area (Å²) in [5.74, 6) is -0.864. The van der Waals surface area contributed by atoms with Gasteiger partial charge in [0.1, 0.15) is 15.7 Å². The highest BCUT2D eigenvalue weighted by atomic mass is 35.5. The van der Waals surface area contributed by atoms with Crippen molar-refractivity contribution in [1.29, 1.82) is 0 Å². The molecular formula is C6H3B2Cl2N3O2. The number of halogens is 2. The van der Waals surface area contributed by atoms with Gasteiger partial charge in [0.15, 0.2) is 10.8 Å². The van der Waals surface area contributed by atoms with Crippen molar-refractivity contribution >= 4 is 44.8 Å². The molecular weight excluding hydrogens is 239 g/mol. The van der Waals surface area contributed by atoms with Crippen LogP contribution in [0, 0.1) is 0 Å². The Morgan fingerprint density at radius 1 is 1.47 bits per heavy atom. The average molecular weight is 242 g/mol. The summed E-state index contributed by atoms with van der Waals surface area (Å²) in [6, 6.07) is 1.22. The maximum absolute atomic E-state index is 11.3. The molecule has 0 spiro atoms. The van der Waals surface area contributed by atoms with Gasteiger partial charge in [-0.2, -0.15) is 0 Å². The lowest BCUT2D eigenvalue weighted by Gasteiger charge is -2.20. The highest BCUT2D eigenvalue weighted by Gasteiger charge is 2.20. The van der Waals surface area contributed by atoms with Gasteiger partial charge in [0.2, 0.25) is 0 Å². The van der Waals surface area contributed by atoms with E-state index in [-0.39, 0.29) is 15.9 Å². The lowest BCUT2D eigenvalue weighted by molar-refractivity contribution is 0.0835. The Hall–Kier alpha value is -0.780. The molecule has 0 fully saturated rings. The number of nitrogens with zero attached hydrogens (tertiary/aromatic N) is 2. The molecule has 0 atom stereocenters. The zero-order valence-electron chi connectivity index (χ0n) is 7.24. The van der Waals surface area contributed by atoms with Gasteiger partial charge < -0.3 is 10.4 Å². The number of carbonyl (C=O) groups excluding carboxylic acids is 1. The average Bonchev–Trinajstić information content (AvgIpc) is 1.99. The summed E-state index contributed by atoms with van der Waals surface area (Å²) in [7, 11) is 9.88. The molecule has 9 heteroatoms. The molecule has 0 saturated carbocycles. The minimum absolute atomic E-state index is 0.0308. The molecule has 4 radical (unpaired) electrons. The highest BCUT2D eigenvalue weighted by molar-refractivity contribution is 6.40. The maximum Gasteiger partial charge on any atom is 0.274 e. The fourth-order valence-corrected chi connectivity index (χ4v) is 1.17.